The molecule has 1 fully saturated rings. The fraction of sp³-hybridized carbons (Fsp3) is 0.562. The number of rotatable bonds is 4. The second-order valence-corrected chi connectivity index (χ2v) is 5.38. The molecule has 96 valence electrons. The van der Waals surface area contributed by atoms with Gasteiger partial charge in [-0.3, -0.25) is 5.32 Å². The molecule has 18 heavy (non-hydrogen) atoms. The highest BCUT2D eigenvalue weighted by molar-refractivity contribution is 5.17. The molecular weight excluding hydrogens is 220 g/mol. The fourth-order valence-electron chi connectivity index (χ4n) is 2.77. The minimum atomic E-state index is -0.290. The number of benzene rings is 1. The van der Waals surface area contributed by atoms with Crippen molar-refractivity contribution in [1.82, 2.24) is 5.32 Å². The zero-order valence-electron chi connectivity index (χ0n) is 11.2. The van der Waals surface area contributed by atoms with E-state index in [0.29, 0.717) is 0 Å². The standard InChI is InChI=1S/C16H22N2/c1-2-14-8-10-16(13-17,11-9-14)18-12-15-6-4-3-5-7-15/h3-7,14,18H,2,8-12H2,1H3. The summed E-state index contributed by atoms with van der Waals surface area (Å²) in [7, 11) is 0. The van der Waals surface area contributed by atoms with E-state index < -0.39 is 0 Å². The third kappa shape index (κ3) is 3.11. The minimum Gasteiger partial charge on any atom is -0.295 e. The molecule has 0 aliphatic heterocycles. The summed E-state index contributed by atoms with van der Waals surface area (Å²) < 4.78 is 0. The van der Waals surface area contributed by atoms with E-state index in [2.05, 4.69) is 30.4 Å². The molecule has 1 saturated carbocycles. The van der Waals surface area contributed by atoms with Gasteiger partial charge in [0.1, 0.15) is 5.54 Å². The van der Waals surface area contributed by atoms with Crippen LogP contribution in [-0.2, 0) is 6.54 Å². The largest absolute Gasteiger partial charge is 0.295 e. The van der Waals surface area contributed by atoms with Gasteiger partial charge in [0.25, 0.3) is 0 Å². The molecule has 1 aromatic rings. The Morgan fingerprint density at radius 1 is 1.28 bits per heavy atom. The van der Waals surface area contributed by atoms with Crippen molar-refractivity contribution in [3.63, 3.8) is 0 Å². The van der Waals surface area contributed by atoms with Crippen LogP contribution in [-0.4, -0.2) is 5.54 Å². The van der Waals surface area contributed by atoms with Gasteiger partial charge in [-0.2, -0.15) is 5.26 Å². The van der Waals surface area contributed by atoms with Crippen molar-refractivity contribution in [3.8, 4) is 6.07 Å². The Hall–Kier alpha value is -1.33. The fourth-order valence-corrected chi connectivity index (χ4v) is 2.77. The number of nitrogens with one attached hydrogen (secondary N) is 1. The molecule has 0 radical (unpaired) electrons. The second-order valence-electron chi connectivity index (χ2n) is 5.38. The average molecular weight is 242 g/mol. The van der Waals surface area contributed by atoms with Gasteiger partial charge in [-0.05, 0) is 37.2 Å². The Bertz CT molecular complexity index is 397. The first-order valence-corrected chi connectivity index (χ1v) is 6.98. The molecule has 2 rings (SSSR count). The molecular formula is C16H22N2. The Kier molecular flexibility index (Phi) is 4.38. The number of hydrogen-bond acceptors (Lipinski definition) is 2. The average Bonchev–Trinajstić information content (AvgIpc) is 2.47. The smallest absolute Gasteiger partial charge is 0.107 e. The van der Waals surface area contributed by atoms with Gasteiger partial charge in [-0.15, -0.1) is 0 Å². The molecule has 0 bridgehead atoms. The molecule has 2 nitrogen and oxygen atoms in total. The van der Waals surface area contributed by atoms with E-state index in [4.69, 9.17) is 0 Å². The molecule has 1 N–H and O–H groups in total. The molecule has 1 aliphatic carbocycles. The normalized spacial score (nSPS) is 27.7. The lowest BCUT2D eigenvalue weighted by atomic mass is 9.76. The second kappa shape index (κ2) is 6.02. The van der Waals surface area contributed by atoms with Crippen molar-refractivity contribution in [2.45, 2.75) is 51.1 Å². The maximum absolute atomic E-state index is 9.47. The van der Waals surface area contributed by atoms with Crippen LogP contribution in [0.15, 0.2) is 30.3 Å². The number of nitrogens with zero attached hydrogens (tertiary/aromatic N) is 1. The Morgan fingerprint density at radius 2 is 1.94 bits per heavy atom. The molecule has 0 amide bonds. The molecule has 1 aliphatic rings. The first kappa shape index (κ1) is 13.1. The van der Waals surface area contributed by atoms with Crippen LogP contribution in [0.2, 0.25) is 0 Å². The maximum atomic E-state index is 9.47. The van der Waals surface area contributed by atoms with Crippen LogP contribution in [0.1, 0.15) is 44.6 Å². The monoisotopic (exact) mass is 242 g/mol. The summed E-state index contributed by atoms with van der Waals surface area (Å²) in [4.78, 5) is 0. The highest BCUT2D eigenvalue weighted by Gasteiger charge is 2.34. The molecule has 0 saturated heterocycles. The van der Waals surface area contributed by atoms with Crippen molar-refractivity contribution in [1.29, 1.82) is 5.26 Å². The molecule has 0 aromatic heterocycles. The van der Waals surface area contributed by atoms with Crippen LogP contribution in [0.25, 0.3) is 0 Å². The van der Waals surface area contributed by atoms with Gasteiger partial charge >= 0.3 is 0 Å². The van der Waals surface area contributed by atoms with E-state index in [-0.39, 0.29) is 5.54 Å². The Morgan fingerprint density at radius 3 is 2.50 bits per heavy atom. The zero-order valence-corrected chi connectivity index (χ0v) is 11.2. The summed E-state index contributed by atoms with van der Waals surface area (Å²) in [6.45, 7) is 3.05. The quantitative estimate of drug-likeness (QED) is 0.875. The van der Waals surface area contributed by atoms with Gasteiger partial charge < -0.3 is 0 Å². The maximum Gasteiger partial charge on any atom is 0.107 e. The zero-order chi connectivity index (χ0) is 12.8. The molecule has 0 spiro atoms. The molecule has 2 heteroatoms. The third-order valence-electron chi connectivity index (χ3n) is 4.22. The van der Waals surface area contributed by atoms with Crippen LogP contribution in [0.3, 0.4) is 0 Å². The van der Waals surface area contributed by atoms with E-state index in [0.717, 1.165) is 25.3 Å². The summed E-state index contributed by atoms with van der Waals surface area (Å²) >= 11 is 0. The van der Waals surface area contributed by atoms with Gasteiger partial charge in [0.2, 0.25) is 0 Å². The predicted molar refractivity (Wildman–Crippen MR) is 73.9 cm³/mol. The summed E-state index contributed by atoms with van der Waals surface area (Å²) in [5, 5.41) is 13.0. The van der Waals surface area contributed by atoms with Crippen LogP contribution in [0.4, 0.5) is 0 Å². The molecule has 0 heterocycles. The van der Waals surface area contributed by atoms with Crippen LogP contribution < -0.4 is 5.32 Å². The van der Waals surface area contributed by atoms with Crippen LogP contribution >= 0.6 is 0 Å². The van der Waals surface area contributed by atoms with E-state index in [9.17, 15) is 5.26 Å². The molecule has 1 aromatic carbocycles. The summed E-state index contributed by atoms with van der Waals surface area (Å²) in [5.74, 6) is 0.824. The highest BCUT2D eigenvalue weighted by atomic mass is 15.0. The summed E-state index contributed by atoms with van der Waals surface area (Å²) in [6, 6.07) is 12.9. The summed E-state index contributed by atoms with van der Waals surface area (Å²) in [5.41, 5.74) is 0.964. The highest BCUT2D eigenvalue weighted by Crippen LogP contribution is 2.33. The van der Waals surface area contributed by atoms with Crippen molar-refractivity contribution in [2.75, 3.05) is 0 Å². The molecule has 0 atom stereocenters. The van der Waals surface area contributed by atoms with E-state index in [1.54, 1.807) is 0 Å². The van der Waals surface area contributed by atoms with Crippen LogP contribution in [0.5, 0.6) is 0 Å². The van der Waals surface area contributed by atoms with Gasteiger partial charge in [-0.25, -0.2) is 0 Å². The van der Waals surface area contributed by atoms with Gasteiger partial charge in [0.05, 0.1) is 6.07 Å². The number of hydrogen-bond donors (Lipinski definition) is 1. The van der Waals surface area contributed by atoms with E-state index in [1.165, 1.54) is 24.8 Å². The first-order valence-electron chi connectivity index (χ1n) is 6.98. The van der Waals surface area contributed by atoms with Gasteiger partial charge in [0.15, 0.2) is 0 Å². The van der Waals surface area contributed by atoms with Gasteiger partial charge in [-0.1, -0.05) is 43.7 Å². The first-order chi connectivity index (χ1) is 8.78. The van der Waals surface area contributed by atoms with Gasteiger partial charge in [0, 0.05) is 6.54 Å². The lowest BCUT2D eigenvalue weighted by molar-refractivity contribution is 0.233. The van der Waals surface area contributed by atoms with Crippen LogP contribution in [0, 0.1) is 17.2 Å². The Balaban J connectivity index is 1.92. The topological polar surface area (TPSA) is 35.8 Å². The lowest BCUT2D eigenvalue weighted by Crippen LogP contribution is -2.46. The van der Waals surface area contributed by atoms with Crippen molar-refractivity contribution in [2.24, 2.45) is 5.92 Å². The lowest BCUT2D eigenvalue weighted by Gasteiger charge is -2.35. The summed E-state index contributed by atoms with van der Waals surface area (Å²) in [6.07, 6.45) is 5.61. The Labute approximate surface area is 110 Å². The van der Waals surface area contributed by atoms with E-state index in [1.807, 2.05) is 18.2 Å². The van der Waals surface area contributed by atoms with Crippen molar-refractivity contribution < 1.29 is 0 Å². The third-order valence-corrected chi connectivity index (χ3v) is 4.22. The van der Waals surface area contributed by atoms with Crippen molar-refractivity contribution in [3.05, 3.63) is 35.9 Å². The predicted octanol–water partition coefficient (Wildman–Crippen LogP) is 3.64. The minimum absolute atomic E-state index is 0.290. The molecule has 0 unspecified atom stereocenters. The SMILES string of the molecule is CCC1CCC(C#N)(NCc2ccccc2)CC1. The van der Waals surface area contributed by atoms with E-state index >= 15 is 0 Å². The van der Waals surface area contributed by atoms with Crippen molar-refractivity contribution >= 4 is 0 Å². The number of nitriles is 1.